The van der Waals surface area contributed by atoms with Crippen molar-refractivity contribution >= 4 is 22.3 Å². The molecule has 0 radical (unpaired) electrons. The molecule has 0 spiro atoms. The standard InChI is InChI=1S/C8H8N4.C3H8N2/c9-11-8-7-4-2-1-3-6(7)5-10-12-8;1-3(2)5-4/h1-5H,9H2,(H,11,12);4H2,1-2H3. The van der Waals surface area contributed by atoms with Gasteiger partial charge in [-0.15, -0.1) is 5.10 Å². The van der Waals surface area contributed by atoms with Crippen molar-refractivity contribution in [2.75, 3.05) is 5.43 Å². The molecule has 1 heterocycles. The van der Waals surface area contributed by atoms with Crippen molar-refractivity contribution < 1.29 is 0 Å². The van der Waals surface area contributed by atoms with E-state index >= 15 is 0 Å². The second-order valence-corrected chi connectivity index (χ2v) is 3.50. The number of fused-ring (bicyclic) bond motifs is 1. The monoisotopic (exact) mass is 232 g/mol. The van der Waals surface area contributed by atoms with Gasteiger partial charge in [0.1, 0.15) is 0 Å². The topological polar surface area (TPSA) is 102 Å². The van der Waals surface area contributed by atoms with Crippen LogP contribution in [0.3, 0.4) is 0 Å². The van der Waals surface area contributed by atoms with Crippen LogP contribution in [0.15, 0.2) is 35.6 Å². The number of nitrogen functional groups attached to an aromatic ring is 1. The fourth-order valence-electron chi connectivity index (χ4n) is 1.13. The highest BCUT2D eigenvalue weighted by molar-refractivity contribution is 5.90. The van der Waals surface area contributed by atoms with Crippen LogP contribution in [-0.4, -0.2) is 15.9 Å². The van der Waals surface area contributed by atoms with Gasteiger partial charge in [-0.3, -0.25) is 0 Å². The summed E-state index contributed by atoms with van der Waals surface area (Å²) in [6, 6.07) is 7.79. The summed E-state index contributed by atoms with van der Waals surface area (Å²) in [7, 11) is 0. The second-order valence-electron chi connectivity index (χ2n) is 3.50. The van der Waals surface area contributed by atoms with E-state index in [0.29, 0.717) is 5.82 Å². The largest absolute Gasteiger partial charge is 0.323 e. The molecule has 0 bridgehead atoms. The zero-order chi connectivity index (χ0) is 12.7. The van der Waals surface area contributed by atoms with E-state index in [2.05, 4.69) is 20.7 Å². The fraction of sp³-hybridized carbons (Fsp3) is 0.182. The molecule has 1 aromatic carbocycles. The third-order valence-electron chi connectivity index (χ3n) is 1.97. The zero-order valence-corrected chi connectivity index (χ0v) is 9.88. The maximum atomic E-state index is 5.26. The number of aromatic nitrogens is 2. The highest BCUT2D eigenvalue weighted by atomic mass is 15.3. The van der Waals surface area contributed by atoms with Crippen LogP contribution in [0.1, 0.15) is 13.8 Å². The predicted molar refractivity (Wildman–Crippen MR) is 70.3 cm³/mol. The van der Waals surface area contributed by atoms with Gasteiger partial charge in [0.25, 0.3) is 0 Å². The lowest BCUT2D eigenvalue weighted by atomic mass is 10.2. The van der Waals surface area contributed by atoms with Crippen molar-refractivity contribution in [3.63, 3.8) is 0 Å². The summed E-state index contributed by atoms with van der Waals surface area (Å²) in [5, 5.41) is 12.9. The number of hydrazone groups is 1. The Bertz CT molecular complexity index is 499. The van der Waals surface area contributed by atoms with Crippen LogP contribution in [0.2, 0.25) is 0 Å². The molecule has 2 rings (SSSR count). The van der Waals surface area contributed by atoms with E-state index in [0.717, 1.165) is 16.5 Å². The number of nitrogens with one attached hydrogen (secondary N) is 1. The van der Waals surface area contributed by atoms with Crippen LogP contribution in [0.25, 0.3) is 10.8 Å². The summed E-state index contributed by atoms with van der Waals surface area (Å²) in [4.78, 5) is 0. The number of rotatable bonds is 1. The Morgan fingerprint density at radius 3 is 2.53 bits per heavy atom. The Morgan fingerprint density at radius 1 is 1.29 bits per heavy atom. The highest BCUT2D eigenvalue weighted by Gasteiger charge is 1.98. The lowest BCUT2D eigenvalue weighted by Gasteiger charge is -2.01. The van der Waals surface area contributed by atoms with E-state index in [4.69, 9.17) is 11.7 Å². The number of anilines is 1. The van der Waals surface area contributed by atoms with Gasteiger partial charge in [0.2, 0.25) is 0 Å². The lowest BCUT2D eigenvalue weighted by molar-refractivity contribution is 1.04. The molecule has 0 aliphatic rings. The Morgan fingerprint density at radius 2 is 1.94 bits per heavy atom. The molecule has 2 aromatic rings. The van der Waals surface area contributed by atoms with Crippen LogP contribution in [-0.2, 0) is 0 Å². The van der Waals surface area contributed by atoms with Gasteiger partial charge in [0.15, 0.2) is 5.82 Å². The number of hydrogen-bond donors (Lipinski definition) is 3. The van der Waals surface area contributed by atoms with Gasteiger partial charge in [0, 0.05) is 16.5 Å². The summed E-state index contributed by atoms with van der Waals surface area (Å²) < 4.78 is 0. The molecule has 6 nitrogen and oxygen atoms in total. The average molecular weight is 232 g/mol. The minimum Gasteiger partial charge on any atom is -0.323 e. The minimum absolute atomic E-state index is 0.605. The molecule has 0 saturated heterocycles. The van der Waals surface area contributed by atoms with Gasteiger partial charge in [-0.05, 0) is 13.8 Å². The molecule has 6 heteroatoms. The molecule has 17 heavy (non-hydrogen) atoms. The third-order valence-corrected chi connectivity index (χ3v) is 1.97. The minimum atomic E-state index is 0.605. The van der Waals surface area contributed by atoms with Gasteiger partial charge in [-0.2, -0.15) is 10.2 Å². The first-order valence-corrected chi connectivity index (χ1v) is 5.07. The van der Waals surface area contributed by atoms with E-state index in [-0.39, 0.29) is 0 Å². The van der Waals surface area contributed by atoms with Crippen LogP contribution < -0.4 is 17.1 Å². The molecule has 0 saturated carbocycles. The molecule has 0 atom stereocenters. The summed E-state index contributed by atoms with van der Waals surface area (Å²) in [5.74, 6) is 10.6. The van der Waals surface area contributed by atoms with Crippen molar-refractivity contribution in [3.8, 4) is 0 Å². The normalized spacial score (nSPS) is 9.12. The average Bonchev–Trinajstić information content (AvgIpc) is 2.38. The Kier molecular flexibility index (Phi) is 4.83. The number of hydrogen-bond acceptors (Lipinski definition) is 6. The summed E-state index contributed by atoms with van der Waals surface area (Å²) in [6.45, 7) is 3.69. The SMILES string of the molecule is CC(C)=NN.NNc1nncc2ccccc12. The first kappa shape index (κ1) is 12.9. The van der Waals surface area contributed by atoms with Crippen LogP contribution in [0.4, 0.5) is 5.82 Å². The Hall–Kier alpha value is -2.21. The molecule has 90 valence electrons. The molecular formula is C11H16N6. The van der Waals surface area contributed by atoms with Gasteiger partial charge in [-0.1, -0.05) is 24.3 Å². The number of nitrogens with two attached hydrogens (primary N) is 2. The molecule has 5 N–H and O–H groups in total. The smallest absolute Gasteiger partial charge is 0.170 e. The van der Waals surface area contributed by atoms with E-state index in [1.165, 1.54) is 0 Å². The zero-order valence-electron chi connectivity index (χ0n) is 9.88. The maximum Gasteiger partial charge on any atom is 0.170 e. The van der Waals surface area contributed by atoms with Crippen molar-refractivity contribution in [1.82, 2.24) is 10.2 Å². The van der Waals surface area contributed by atoms with E-state index in [9.17, 15) is 0 Å². The number of nitrogens with zero attached hydrogens (tertiary/aromatic N) is 3. The predicted octanol–water partition coefficient (Wildman–Crippen LogP) is 1.26. The van der Waals surface area contributed by atoms with Gasteiger partial charge in [0.05, 0.1) is 6.20 Å². The van der Waals surface area contributed by atoms with E-state index in [1.54, 1.807) is 6.20 Å². The van der Waals surface area contributed by atoms with Crippen LogP contribution >= 0.6 is 0 Å². The molecule has 0 aliphatic carbocycles. The molecule has 0 aliphatic heterocycles. The molecule has 0 unspecified atom stereocenters. The molecular weight excluding hydrogens is 216 g/mol. The van der Waals surface area contributed by atoms with Gasteiger partial charge >= 0.3 is 0 Å². The first-order chi connectivity index (χ1) is 8.19. The van der Waals surface area contributed by atoms with E-state index in [1.807, 2.05) is 38.1 Å². The first-order valence-electron chi connectivity index (χ1n) is 5.07. The van der Waals surface area contributed by atoms with Gasteiger partial charge < -0.3 is 11.3 Å². The summed E-state index contributed by atoms with van der Waals surface area (Å²) >= 11 is 0. The van der Waals surface area contributed by atoms with Crippen molar-refractivity contribution in [1.29, 1.82) is 0 Å². The Balaban J connectivity index is 0.000000249. The Labute approximate surface area is 99.7 Å². The quantitative estimate of drug-likeness (QED) is 0.390. The third kappa shape index (κ3) is 3.69. The number of hydrazine groups is 1. The summed E-state index contributed by atoms with van der Waals surface area (Å²) in [5.41, 5.74) is 3.40. The molecule has 1 aromatic heterocycles. The van der Waals surface area contributed by atoms with Crippen LogP contribution in [0.5, 0.6) is 0 Å². The number of benzene rings is 1. The molecule has 0 amide bonds. The van der Waals surface area contributed by atoms with Crippen molar-refractivity contribution in [2.24, 2.45) is 16.8 Å². The fourth-order valence-corrected chi connectivity index (χ4v) is 1.13. The van der Waals surface area contributed by atoms with Crippen molar-refractivity contribution in [3.05, 3.63) is 30.5 Å². The van der Waals surface area contributed by atoms with Crippen molar-refractivity contribution in [2.45, 2.75) is 13.8 Å². The highest BCUT2D eigenvalue weighted by Crippen LogP contribution is 2.17. The van der Waals surface area contributed by atoms with Crippen LogP contribution in [0, 0.1) is 0 Å². The second kappa shape index (κ2) is 6.39. The lowest BCUT2D eigenvalue weighted by Crippen LogP contribution is -2.09. The summed E-state index contributed by atoms with van der Waals surface area (Å²) in [6.07, 6.45) is 1.70. The van der Waals surface area contributed by atoms with E-state index < -0.39 is 0 Å². The maximum absolute atomic E-state index is 5.26. The molecule has 0 fully saturated rings. The van der Waals surface area contributed by atoms with Gasteiger partial charge in [-0.25, -0.2) is 5.84 Å².